The van der Waals surface area contributed by atoms with Gasteiger partial charge in [0.2, 0.25) is 0 Å². The van der Waals surface area contributed by atoms with Gasteiger partial charge in [0.25, 0.3) is 0 Å². The molecule has 6 heteroatoms. The fraction of sp³-hybridized carbons (Fsp3) is 0.167. The highest BCUT2D eigenvalue weighted by Crippen LogP contribution is 2.17. The van der Waals surface area contributed by atoms with E-state index < -0.39 is 0 Å². The van der Waals surface area contributed by atoms with E-state index in [2.05, 4.69) is 20.3 Å². The molecule has 0 aliphatic rings. The maximum atomic E-state index is 5.59. The standard InChI is InChI=1S/C12H12N6/c1-8-2-3-11-15-16-12(18(11)17-8)9-4-5-14-10(6-9)7-13/h2-6H,7,13H2,1H3. The minimum Gasteiger partial charge on any atom is -0.325 e. The van der Waals surface area contributed by atoms with Gasteiger partial charge in [-0.2, -0.15) is 9.61 Å². The second kappa shape index (κ2) is 4.15. The lowest BCUT2D eigenvalue weighted by Gasteiger charge is -2.01. The van der Waals surface area contributed by atoms with E-state index in [9.17, 15) is 0 Å². The van der Waals surface area contributed by atoms with Crippen LogP contribution in [0.1, 0.15) is 11.4 Å². The first-order valence-electron chi connectivity index (χ1n) is 5.62. The number of nitrogens with zero attached hydrogens (tertiary/aromatic N) is 5. The van der Waals surface area contributed by atoms with Crippen LogP contribution in [0.25, 0.3) is 17.0 Å². The molecule has 0 bridgehead atoms. The van der Waals surface area contributed by atoms with Crippen molar-refractivity contribution in [2.75, 3.05) is 0 Å². The molecule has 0 amide bonds. The third-order valence-electron chi connectivity index (χ3n) is 2.68. The Balaban J connectivity index is 2.21. The predicted octanol–water partition coefficient (Wildman–Crippen LogP) is 0.953. The van der Waals surface area contributed by atoms with Crippen LogP contribution in [-0.2, 0) is 6.54 Å². The summed E-state index contributed by atoms with van der Waals surface area (Å²) >= 11 is 0. The molecule has 0 spiro atoms. The van der Waals surface area contributed by atoms with Crippen molar-refractivity contribution >= 4 is 5.65 Å². The molecule has 0 unspecified atom stereocenters. The molecule has 0 saturated heterocycles. The second-order valence-electron chi connectivity index (χ2n) is 4.01. The van der Waals surface area contributed by atoms with Crippen LogP contribution in [-0.4, -0.2) is 24.8 Å². The molecule has 6 nitrogen and oxygen atoms in total. The van der Waals surface area contributed by atoms with Crippen LogP contribution in [0.4, 0.5) is 0 Å². The Labute approximate surface area is 103 Å². The number of hydrogen-bond donors (Lipinski definition) is 1. The minimum absolute atomic E-state index is 0.400. The summed E-state index contributed by atoms with van der Waals surface area (Å²) in [4.78, 5) is 4.16. The van der Waals surface area contributed by atoms with E-state index in [-0.39, 0.29) is 0 Å². The van der Waals surface area contributed by atoms with Gasteiger partial charge in [0.1, 0.15) is 0 Å². The Kier molecular flexibility index (Phi) is 2.49. The van der Waals surface area contributed by atoms with Crippen molar-refractivity contribution in [2.45, 2.75) is 13.5 Å². The molecular formula is C12H12N6. The summed E-state index contributed by atoms with van der Waals surface area (Å²) in [6.45, 7) is 2.33. The average molecular weight is 240 g/mol. The molecule has 3 rings (SSSR count). The highest BCUT2D eigenvalue weighted by atomic mass is 15.4. The van der Waals surface area contributed by atoms with E-state index in [1.165, 1.54) is 0 Å². The second-order valence-corrected chi connectivity index (χ2v) is 4.01. The Hall–Kier alpha value is -2.34. The molecule has 0 saturated carbocycles. The number of pyridine rings is 1. The number of rotatable bonds is 2. The maximum absolute atomic E-state index is 5.59. The zero-order valence-electron chi connectivity index (χ0n) is 9.91. The molecule has 0 atom stereocenters. The molecule has 0 fully saturated rings. The SMILES string of the molecule is Cc1ccc2nnc(-c3ccnc(CN)c3)n2n1. The fourth-order valence-corrected chi connectivity index (χ4v) is 1.79. The number of hydrogen-bond acceptors (Lipinski definition) is 5. The van der Waals surface area contributed by atoms with E-state index in [1.807, 2.05) is 31.2 Å². The first kappa shape index (κ1) is 10.8. The van der Waals surface area contributed by atoms with Gasteiger partial charge >= 0.3 is 0 Å². The Morgan fingerprint density at radius 2 is 2.11 bits per heavy atom. The van der Waals surface area contributed by atoms with Crippen LogP contribution >= 0.6 is 0 Å². The molecule has 0 radical (unpaired) electrons. The summed E-state index contributed by atoms with van der Waals surface area (Å²) in [6, 6.07) is 7.58. The number of fused-ring (bicyclic) bond motifs is 1. The Morgan fingerprint density at radius 1 is 1.22 bits per heavy atom. The van der Waals surface area contributed by atoms with Crippen LogP contribution in [0.15, 0.2) is 30.5 Å². The lowest BCUT2D eigenvalue weighted by Crippen LogP contribution is -2.01. The highest BCUT2D eigenvalue weighted by Gasteiger charge is 2.09. The molecule has 3 heterocycles. The van der Waals surface area contributed by atoms with E-state index in [1.54, 1.807) is 10.7 Å². The molecule has 2 N–H and O–H groups in total. The fourth-order valence-electron chi connectivity index (χ4n) is 1.79. The van der Waals surface area contributed by atoms with Gasteiger partial charge in [-0.1, -0.05) is 0 Å². The molecule has 0 aliphatic carbocycles. The average Bonchev–Trinajstić information content (AvgIpc) is 2.81. The van der Waals surface area contributed by atoms with Crippen LogP contribution in [0, 0.1) is 6.92 Å². The first-order chi connectivity index (χ1) is 8.78. The largest absolute Gasteiger partial charge is 0.325 e. The summed E-state index contributed by atoms with van der Waals surface area (Å²) in [5.41, 5.74) is 8.95. The predicted molar refractivity (Wildman–Crippen MR) is 66.6 cm³/mol. The van der Waals surface area contributed by atoms with Gasteiger partial charge in [0.15, 0.2) is 11.5 Å². The van der Waals surface area contributed by atoms with Gasteiger partial charge in [-0.25, -0.2) is 0 Å². The number of nitrogens with two attached hydrogens (primary N) is 1. The summed E-state index contributed by atoms with van der Waals surface area (Å²) < 4.78 is 1.73. The van der Waals surface area contributed by atoms with Gasteiger partial charge in [-0.05, 0) is 31.2 Å². The maximum Gasteiger partial charge on any atom is 0.185 e. The van der Waals surface area contributed by atoms with Crippen molar-refractivity contribution in [1.82, 2.24) is 24.8 Å². The van der Waals surface area contributed by atoms with Crippen molar-refractivity contribution < 1.29 is 0 Å². The molecule has 3 aromatic rings. The van der Waals surface area contributed by atoms with Crippen LogP contribution < -0.4 is 5.73 Å². The van der Waals surface area contributed by atoms with Gasteiger partial charge < -0.3 is 5.73 Å². The third-order valence-corrected chi connectivity index (χ3v) is 2.68. The molecule has 90 valence electrons. The van der Waals surface area contributed by atoms with E-state index in [0.717, 1.165) is 22.6 Å². The van der Waals surface area contributed by atoms with Crippen molar-refractivity contribution in [2.24, 2.45) is 5.73 Å². The monoisotopic (exact) mass is 240 g/mol. The van der Waals surface area contributed by atoms with Gasteiger partial charge in [-0.3, -0.25) is 4.98 Å². The molecule has 3 aromatic heterocycles. The first-order valence-corrected chi connectivity index (χ1v) is 5.62. The quantitative estimate of drug-likeness (QED) is 0.721. The third kappa shape index (κ3) is 1.72. The molecule has 0 aliphatic heterocycles. The van der Waals surface area contributed by atoms with Crippen molar-refractivity contribution in [1.29, 1.82) is 0 Å². The van der Waals surface area contributed by atoms with Crippen molar-refractivity contribution in [3.05, 3.63) is 41.9 Å². The highest BCUT2D eigenvalue weighted by molar-refractivity contribution is 5.58. The summed E-state index contributed by atoms with van der Waals surface area (Å²) in [5.74, 6) is 0.700. The van der Waals surface area contributed by atoms with E-state index in [4.69, 9.17) is 5.73 Å². The minimum atomic E-state index is 0.400. The zero-order valence-corrected chi connectivity index (χ0v) is 9.91. The Morgan fingerprint density at radius 3 is 2.94 bits per heavy atom. The summed E-state index contributed by atoms with van der Waals surface area (Å²) in [7, 11) is 0. The van der Waals surface area contributed by atoms with Gasteiger partial charge in [0.05, 0.1) is 11.4 Å². The van der Waals surface area contributed by atoms with E-state index in [0.29, 0.717) is 12.4 Å². The van der Waals surface area contributed by atoms with Gasteiger partial charge in [-0.15, -0.1) is 10.2 Å². The lowest BCUT2D eigenvalue weighted by molar-refractivity contribution is 0.899. The van der Waals surface area contributed by atoms with Gasteiger partial charge in [0, 0.05) is 18.3 Å². The smallest absolute Gasteiger partial charge is 0.185 e. The van der Waals surface area contributed by atoms with Crippen molar-refractivity contribution in [3.63, 3.8) is 0 Å². The summed E-state index contributed by atoms with van der Waals surface area (Å²) in [5, 5.41) is 12.7. The lowest BCUT2D eigenvalue weighted by atomic mass is 10.2. The van der Waals surface area contributed by atoms with Crippen molar-refractivity contribution in [3.8, 4) is 11.4 Å². The molecule has 18 heavy (non-hydrogen) atoms. The van der Waals surface area contributed by atoms with E-state index >= 15 is 0 Å². The van der Waals surface area contributed by atoms with Crippen LogP contribution in [0.5, 0.6) is 0 Å². The normalized spacial score (nSPS) is 11.0. The topological polar surface area (TPSA) is 82.0 Å². The van der Waals surface area contributed by atoms with Crippen LogP contribution in [0.2, 0.25) is 0 Å². The number of aryl methyl sites for hydroxylation is 1. The molecule has 0 aromatic carbocycles. The summed E-state index contributed by atoms with van der Waals surface area (Å²) in [6.07, 6.45) is 1.72. The number of aromatic nitrogens is 5. The Bertz CT molecular complexity index is 703. The van der Waals surface area contributed by atoms with Crippen LogP contribution in [0.3, 0.4) is 0 Å². The molecular weight excluding hydrogens is 228 g/mol. The zero-order chi connectivity index (χ0) is 12.5.